The molecule has 0 atom stereocenters. The zero-order valence-corrected chi connectivity index (χ0v) is 20.0. The fourth-order valence-electron chi connectivity index (χ4n) is 3.87. The molecule has 1 fully saturated rings. The van der Waals surface area contributed by atoms with Crippen molar-refractivity contribution in [3.05, 3.63) is 60.0 Å². The summed E-state index contributed by atoms with van der Waals surface area (Å²) < 4.78 is 44.3. The van der Waals surface area contributed by atoms with E-state index < -0.39 is 10.0 Å². The number of oxazole rings is 1. The number of rotatable bonds is 8. The minimum absolute atomic E-state index is 0.285. The minimum Gasteiger partial charge on any atom is -0.496 e. The van der Waals surface area contributed by atoms with E-state index in [4.69, 9.17) is 13.9 Å². The SMILES string of the molecule is CCOc1ccc(S(=O)(=O)N2CCN(Cc3nc(-c4ccccc4OC)oc3C)CC2)cc1. The van der Waals surface area contributed by atoms with Crippen LogP contribution >= 0.6 is 0 Å². The Balaban J connectivity index is 1.40. The number of methoxy groups -OCH3 is 1. The Hall–Kier alpha value is -2.88. The van der Waals surface area contributed by atoms with E-state index in [-0.39, 0.29) is 4.90 Å². The van der Waals surface area contributed by atoms with E-state index in [9.17, 15) is 8.42 Å². The summed E-state index contributed by atoms with van der Waals surface area (Å²) in [6.45, 7) is 7.01. The molecule has 3 aromatic rings. The monoisotopic (exact) mass is 471 g/mol. The molecule has 0 spiro atoms. The molecule has 2 heterocycles. The molecule has 8 nitrogen and oxygen atoms in total. The second-order valence-corrected chi connectivity index (χ2v) is 9.74. The predicted molar refractivity (Wildman–Crippen MR) is 125 cm³/mol. The molecular weight excluding hydrogens is 442 g/mol. The molecule has 1 saturated heterocycles. The lowest BCUT2D eigenvalue weighted by Crippen LogP contribution is -2.48. The molecular formula is C24H29N3O5S. The first kappa shape index (κ1) is 23.3. The smallest absolute Gasteiger partial charge is 0.243 e. The molecule has 1 aliphatic rings. The van der Waals surface area contributed by atoms with Crippen molar-refractivity contribution in [2.75, 3.05) is 39.9 Å². The number of ether oxygens (including phenoxy) is 2. The maximum Gasteiger partial charge on any atom is 0.243 e. The van der Waals surface area contributed by atoms with E-state index in [0.29, 0.717) is 56.7 Å². The Morgan fingerprint density at radius 2 is 1.73 bits per heavy atom. The molecule has 1 aromatic heterocycles. The van der Waals surface area contributed by atoms with E-state index in [1.807, 2.05) is 38.1 Å². The standard InChI is InChI=1S/C24H29N3O5S/c1-4-31-19-9-11-20(12-10-19)33(28,29)27-15-13-26(14-16-27)17-22-18(2)32-24(25-22)21-7-5-6-8-23(21)30-3/h5-12H,4,13-17H2,1-3H3. The van der Waals surface area contributed by atoms with Gasteiger partial charge in [0.25, 0.3) is 0 Å². The van der Waals surface area contributed by atoms with Crippen LogP contribution in [0.1, 0.15) is 18.4 Å². The van der Waals surface area contributed by atoms with Gasteiger partial charge in [-0.3, -0.25) is 4.90 Å². The number of nitrogens with zero attached hydrogens (tertiary/aromatic N) is 3. The number of hydrogen-bond donors (Lipinski definition) is 0. The lowest BCUT2D eigenvalue weighted by atomic mass is 10.2. The van der Waals surface area contributed by atoms with Gasteiger partial charge in [-0.1, -0.05) is 12.1 Å². The van der Waals surface area contributed by atoms with E-state index >= 15 is 0 Å². The number of aryl methyl sites for hydroxylation is 1. The van der Waals surface area contributed by atoms with Crippen molar-refractivity contribution in [2.45, 2.75) is 25.3 Å². The molecule has 0 N–H and O–H groups in total. The van der Waals surface area contributed by atoms with Crippen LogP contribution in [0.25, 0.3) is 11.5 Å². The summed E-state index contributed by atoms with van der Waals surface area (Å²) in [6.07, 6.45) is 0. The van der Waals surface area contributed by atoms with Gasteiger partial charge >= 0.3 is 0 Å². The van der Waals surface area contributed by atoms with Crippen LogP contribution < -0.4 is 9.47 Å². The molecule has 0 aliphatic carbocycles. The highest BCUT2D eigenvalue weighted by Crippen LogP contribution is 2.30. The summed E-state index contributed by atoms with van der Waals surface area (Å²) in [4.78, 5) is 7.17. The third-order valence-corrected chi connectivity index (χ3v) is 7.62. The van der Waals surface area contributed by atoms with Crippen LogP contribution in [0.2, 0.25) is 0 Å². The highest BCUT2D eigenvalue weighted by Gasteiger charge is 2.29. The van der Waals surface area contributed by atoms with Crippen molar-refractivity contribution in [2.24, 2.45) is 0 Å². The van der Waals surface area contributed by atoms with E-state index in [1.165, 1.54) is 4.31 Å². The van der Waals surface area contributed by atoms with Gasteiger partial charge in [0, 0.05) is 32.7 Å². The van der Waals surface area contributed by atoms with Crippen LogP contribution in [-0.2, 0) is 16.6 Å². The van der Waals surface area contributed by atoms with Crippen molar-refractivity contribution < 1.29 is 22.3 Å². The number of benzene rings is 2. The third kappa shape index (κ3) is 5.05. The predicted octanol–water partition coefficient (Wildman–Crippen LogP) is 3.56. The molecule has 0 saturated carbocycles. The van der Waals surface area contributed by atoms with Crippen LogP contribution in [-0.4, -0.2) is 62.5 Å². The molecule has 176 valence electrons. The van der Waals surface area contributed by atoms with Crippen molar-refractivity contribution in [3.63, 3.8) is 0 Å². The van der Waals surface area contributed by atoms with Gasteiger partial charge in [0.2, 0.25) is 15.9 Å². The van der Waals surface area contributed by atoms with Gasteiger partial charge in [-0.15, -0.1) is 0 Å². The summed E-state index contributed by atoms with van der Waals surface area (Å²) in [7, 11) is -1.91. The first-order valence-electron chi connectivity index (χ1n) is 11.0. The zero-order chi connectivity index (χ0) is 23.4. The molecule has 4 rings (SSSR count). The zero-order valence-electron chi connectivity index (χ0n) is 19.2. The van der Waals surface area contributed by atoms with Crippen molar-refractivity contribution >= 4 is 10.0 Å². The van der Waals surface area contributed by atoms with E-state index in [2.05, 4.69) is 9.88 Å². The first-order valence-corrected chi connectivity index (χ1v) is 12.4. The number of para-hydroxylation sites is 1. The Bertz CT molecular complexity index is 1180. The molecule has 9 heteroatoms. The normalized spacial score (nSPS) is 15.5. The Morgan fingerprint density at radius 3 is 2.39 bits per heavy atom. The average Bonchev–Trinajstić information content (AvgIpc) is 3.20. The second-order valence-electron chi connectivity index (χ2n) is 7.81. The van der Waals surface area contributed by atoms with Crippen LogP contribution in [0, 0.1) is 6.92 Å². The van der Waals surface area contributed by atoms with Gasteiger partial charge < -0.3 is 13.9 Å². The number of piperazine rings is 1. The molecule has 0 amide bonds. The van der Waals surface area contributed by atoms with Gasteiger partial charge in [-0.05, 0) is 50.2 Å². The second kappa shape index (κ2) is 9.94. The highest BCUT2D eigenvalue weighted by molar-refractivity contribution is 7.89. The quantitative estimate of drug-likeness (QED) is 0.497. The average molecular weight is 472 g/mol. The van der Waals surface area contributed by atoms with E-state index in [1.54, 1.807) is 31.4 Å². The summed E-state index contributed by atoms with van der Waals surface area (Å²) in [5, 5.41) is 0. The van der Waals surface area contributed by atoms with Crippen molar-refractivity contribution in [3.8, 4) is 23.0 Å². The van der Waals surface area contributed by atoms with Gasteiger partial charge in [-0.25, -0.2) is 13.4 Å². The maximum absolute atomic E-state index is 13.0. The maximum atomic E-state index is 13.0. The summed E-state index contributed by atoms with van der Waals surface area (Å²) in [5.41, 5.74) is 1.65. The molecule has 33 heavy (non-hydrogen) atoms. The van der Waals surface area contributed by atoms with Crippen LogP contribution in [0.3, 0.4) is 0 Å². The summed E-state index contributed by atoms with van der Waals surface area (Å²) in [5.74, 6) is 2.65. The topological polar surface area (TPSA) is 85.1 Å². The fourth-order valence-corrected chi connectivity index (χ4v) is 5.30. The largest absolute Gasteiger partial charge is 0.496 e. The first-order chi connectivity index (χ1) is 15.9. The number of aromatic nitrogens is 1. The van der Waals surface area contributed by atoms with Gasteiger partial charge in [0.15, 0.2) is 0 Å². The van der Waals surface area contributed by atoms with Crippen molar-refractivity contribution in [1.82, 2.24) is 14.2 Å². The van der Waals surface area contributed by atoms with Gasteiger partial charge in [0.1, 0.15) is 17.3 Å². The van der Waals surface area contributed by atoms with Crippen LogP contribution in [0.4, 0.5) is 0 Å². The Labute approximate surface area is 194 Å². The van der Waals surface area contributed by atoms with E-state index in [0.717, 1.165) is 17.0 Å². The molecule has 0 bridgehead atoms. The fraction of sp³-hybridized carbons (Fsp3) is 0.375. The molecule has 0 unspecified atom stereocenters. The Morgan fingerprint density at radius 1 is 1.03 bits per heavy atom. The molecule has 2 aromatic carbocycles. The van der Waals surface area contributed by atoms with Crippen molar-refractivity contribution in [1.29, 1.82) is 0 Å². The summed E-state index contributed by atoms with van der Waals surface area (Å²) >= 11 is 0. The van der Waals surface area contributed by atoms with Crippen LogP contribution in [0.5, 0.6) is 11.5 Å². The van der Waals surface area contributed by atoms with Gasteiger partial charge in [0.05, 0.1) is 29.9 Å². The molecule has 0 radical (unpaired) electrons. The third-order valence-electron chi connectivity index (χ3n) is 5.71. The lowest BCUT2D eigenvalue weighted by molar-refractivity contribution is 0.179. The highest BCUT2D eigenvalue weighted by atomic mass is 32.2. The number of sulfonamides is 1. The summed E-state index contributed by atoms with van der Waals surface area (Å²) in [6, 6.07) is 14.2. The lowest BCUT2D eigenvalue weighted by Gasteiger charge is -2.33. The minimum atomic E-state index is -3.53. The van der Waals surface area contributed by atoms with Gasteiger partial charge in [-0.2, -0.15) is 4.31 Å². The van der Waals surface area contributed by atoms with Crippen LogP contribution in [0.15, 0.2) is 57.8 Å². The number of hydrogen-bond acceptors (Lipinski definition) is 7. The molecule has 1 aliphatic heterocycles. The Kier molecular flexibility index (Phi) is 7.02.